The third kappa shape index (κ3) is 3.08. The van der Waals surface area contributed by atoms with Crippen LogP contribution in [0.15, 0.2) is 59.4 Å². The molecule has 2 aromatic heterocycles. The smallest absolute Gasteiger partial charge is 0.278 e. The SMILES string of the molecule is Fc1cccc([C@@H]2Cn3cnc(-c4nc(-c5ccc(Cl)cc5)no4)c3CO2)c1. The standard InChI is InChI=1S/C20H14ClFN4O2/c21-14-6-4-12(5-7-14)19-24-20(28-25-19)18-16-10-27-17(9-26(16)11-23-18)13-2-1-3-15(22)8-13/h1-8,11,17H,9-10H2/t17-/m0/s1. The second kappa shape index (κ2) is 6.85. The highest BCUT2D eigenvalue weighted by atomic mass is 35.5. The van der Waals surface area contributed by atoms with Crippen molar-refractivity contribution in [3.05, 3.63) is 77.0 Å². The van der Waals surface area contributed by atoms with E-state index < -0.39 is 0 Å². The van der Waals surface area contributed by atoms with E-state index >= 15 is 0 Å². The maximum atomic E-state index is 13.5. The molecule has 1 aliphatic heterocycles. The summed E-state index contributed by atoms with van der Waals surface area (Å²) in [5.74, 6) is 0.507. The van der Waals surface area contributed by atoms with Gasteiger partial charge in [-0.2, -0.15) is 4.98 Å². The van der Waals surface area contributed by atoms with E-state index in [1.165, 1.54) is 12.1 Å². The van der Waals surface area contributed by atoms with Crippen LogP contribution in [0, 0.1) is 5.82 Å². The molecule has 0 N–H and O–H groups in total. The molecule has 0 amide bonds. The lowest BCUT2D eigenvalue weighted by Gasteiger charge is -2.25. The minimum Gasteiger partial charge on any atom is -0.365 e. The van der Waals surface area contributed by atoms with Crippen LogP contribution in [0.5, 0.6) is 0 Å². The van der Waals surface area contributed by atoms with Crippen molar-refractivity contribution < 1.29 is 13.7 Å². The van der Waals surface area contributed by atoms with Gasteiger partial charge in [-0.25, -0.2) is 9.37 Å². The topological polar surface area (TPSA) is 66.0 Å². The first-order valence-electron chi connectivity index (χ1n) is 8.68. The molecule has 1 aliphatic rings. The molecule has 2 aromatic carbocycles. The Kier molecular flexibility index (Phi) is 4.18. The zero-order valence-electron chi connectivity index (χ0n) is 14.5. The van der Waals surface area contributed by atoms with Gasteiger partial charge in [0, 0.05) is 10.6 Å². The van der Waals surface area contributed by atoms with Gasteiger partial charge in [0.15, 0.2) is 5.69 Å². The molecule has 0 saturated heterocycles. The Balaban J connectivity index is 1.42. The summed E-state index contributed by atoms with van der Waals surface area (Å²) in [5, 5.41) is 4.67. The Morgan fingerprint density at radius 2 is 2.00 bits per heavy atom. The fourth-order valence-corrected chi connectivity index (χ4v) is 3.38. The Morgan fingerprint density at radius 3 is 2.82 bits per heavy atom. The largest absolute Gasteiger partial charge is 0.365 e. The lowest BCUT2D eigenvalue weighted by molar-refractivity contribution is 0.00314. The van der Waals surface area contributed by atoms with Crippen LogP contribution in [0.25, 0.3) is 23.0 Å². The second-order valence-corrected chi connectivity index (χ2v) is 6.91. The van der Waals surface area contributed by atoms with Crippen molar-refractivity contribution in [3.8, 4) is 23.0 Å². The minimum atomic E-state index is -0.279. The van der Waals surface area contributed by atoms with Crippen molar-refractivity contribution in [2.45, 2.75) is 19.3 Å². The number of benzene rings is 2. The first-order valence-corrected chi connectivity index (χ1v) is 9.06. The van der Waals surface area contributed by atoms with Gasteiger partial charge in [0.25, 0.3) is 5.89 Å². The van der Waals surface area contributed by atoms with Gasteiger partial charge >= 0.3 is 0 Å². The summed E-state index contributed by atoms with van der Waals surface area (Å²) in [4.78, 5) is 8.87. The van der Waals surface area contributed by atoms with Crippen LogP contribution in [0.3, 0.4) is 0 Å². The zero-order valence-corrected chi connectivity index (χ0v) is 15.3. The van der Waals surface area contributed by atoms with Crippen molar-refractivity contribution in [2.24, 2.45) is 0 Å². The lowest BCUT2D eigenvalue weighted by atomic mass is 10.1. The molecule has 0 bridgehead atoms. The third-order valence-corrected chi connectivity index (χ3v) is 4.93. The molecule has 3 heterocycles. The maximum Gasteiger partial charge on any atom is 0.278 e. The van der Waals surface area contributed by atoms with Crippen LogP contribution >= 0.6 is 11.6 Å². The number of fused-ring (bicyclic) bond motifs is 1. The quantitative estimate of drug-likeness (QED) is 0.503. The number of hydrogen-bond donors (Lipinski definition) is 0. The van der Waals surface area contributed by atoms with Crippen LogP contribution in [0.1, 0.15) is 17.4 Å². The molecule has 6 nitrogen and oxygen atoms in total. The predicted molar refractivity (Wildman–Crippen MR) is 99.9 cm³/mol. The first kappa shape index (κ1) is 17.1. The van der Waals surface area contributed by atoms with E-state index in [0.717, 1.165) is 16.8 Å². The highest BCUT2D eigenvalue weighted by Crippen LogP contribution is 2.32. The van der Waals surface area contributed by atoms with E-state index in [4.69, 9.17) is 20.9 Å². The first-order chi connectivity index (χ1) is 13.7. The molecule has 28 heavy (non-hydrogen) atoms. The van der Waals surface area contributed by atoms with Crippen LogP contribution < -0.4 is 0 Å². The lowest BCUT2D eigenvalue weighted by Crippen LogP contribution is -2.20. The van der Waals surface area contributed by atoms with E-state index in [2.05, 4.69) is 15.1 Å². The molecule has 0 unspecified atom stereocenters. The molecule has 0 saturated carbocycles. The Hall–Kier alpha value is -3.03. The number of nitrogens with zero attached hydrogens (tertiary/aromatic N) is 4. The number of ether oxygens (including phenoxy) is 1. The van der Waals surface area contributed by atoms with E-state index in [-0.39, 0.29) is 11.9 Å². The van der Waals surface area contributed by atoms with Gasteiger partial charge < -0.3 is 13.8 Å². The minimum absolute atomic E-state index is 0.238. The Morgan fingerprint density at radius 1 is 1.14 bits per heavy atom. The molecule has 0 aliphatic carbocycles. The number of hydrogen-bond acceptors (Lipinski definition) is 5. The summed E-state index contributed by atoms with van der Waals surface area (Å²) in [6.45, 7) is 0.846. The summed E-state index contributed by atoms with van der Waals surface area (Å²) in [6.07, 6.45) is 1.48. The van der Waals surface area contributed by atoms with Crippen molar-refractivity contribution >= 4 is 11.6 Å². The van der Waals surface area contributed by atoms with Gasteiger partial charge in [-0.1, -0.05) is 28.9 Å². The van der Waals surface area contributed by atoms with E-state index in [9.17, 15) is 4.39 Å². The molecule has 4 aromatic rings. The molecule has 5 rings (SSSR count). The number of rotatable bonds is 3. The normalized spacial score (nSPS) is 16.1. The molecule has 8 heteroatoms. The molecule has 140 valence electrons. The fourth-order valence-electron chi connectivity index (χ4n) is 3.25. The average Bonchev–Trinajstić information content (AvgIpc) is 3.35. The van der Waals surface area contributed by atoms with E-state index in [0.29, 0.717) is 35.6 Å². The van der Waals surface area contributed by atoms with Gasteiger partial charge in [-0.05, 0) is 42.0 Å². The monoisotopic (exact) mass is 396 g/mol. The number of halogens is 2. The number of imidazole rings is 1. The number of aromatic nitrogens is 4. The zero-order chi connectivity index (χ0) is 19.1. The van der Waals surface area contributed by atoms with Crippen LogP contribution in [-0.4, -0.2) is 19.7 Å². The summed E-state index contributed by atoms with van der Waals surface area (Å²) in [5.41, 5.74) is 3.03. The van der Waals surface area contributed by atoms with Crippen molar-refractivity contribution in [3.63, 3.8) is 0 Å². The van der Waals surface area contributed by atoms with Crippen molar-refractivity contribution in [1.82, 2.24) is 19.7 Å². The third-order valence-electron chi connectivity index (χ3n) is 4.68. The molecule has 0 spiro atoms. The van der Waals surface area contributed by atoms with Crippen molar-refractivity contribution in [1.29, 1.82) is 0 Å². The molecular formula is C20H14ClFN4O2. The maximum absolute atomic E-state index is 13.5. The molecule has 0 fully saturated rings. The Bertz CT molecular complexity index is 1140. The van der Waals surface area contributed by atoms with E-state index in [1.807, 2.05) is 22.8 Å². The highest BCUT2D eigenvalue weighted by molar-refractivity contribution is 6.30. The highest BCUT2D eigenvalue weighted by Gasteiger charge is 2.26. The summed E-state index contributed by atoms with van der Waals surface area (Å²) >= 11 is 5.92. The van der Waals surface area contributed by atoms with Crippen LogP contribution in [-0.2, 0) is 17.9 Å². The molecule has 1 atom stereocenters. The van der Waals surface area contributed by atoms with Gasteiger partial charge in [-0.15, -0.1) is 0 Å². The Labute approximate surface area is 164 Å². The van der Waals surface area contributed by atoms with Gasteiger partial charge in [0.1, 0.15) is 11.9 Å². The fraction of sp³-hybridized carbons (Fsp3) is 0.150. The predicted octanol–water partition coefficient (Wildman–Crippen LogP) is 4.66. The summed E-state index contributed by atoms with van der Waals surface area (Å²) in [6, 6.07) is 13.6. The van der Waals surface area contributed by atoms with Gasteiger partial charge in [0.05, 0.1) is 25.2 Å². The molecular weight excluding hydrogens is 383 g/mol. The second-order valence-electron chi connectivity index (χ2n) is 6.48. The van der Waals surface area contributed by atoms with Crippen LogP contribution in [0.2, 0.25) is 5.02 Å². The van der Waals surface area contributed by atoms with E-state index in [1.54, 1.807) is 24.5 Å². The molecule has 0 radical (unpaired) electrons. The van der Waals surface area contributed by atoms with Crippen LogP contribution in [0.4, 0.5) is 4.39 Å². The summed E-state index contributed by atoms with van der Waals surface area (Å²) < 4.78 is 26.8. The van der Waals surface area contributed by atoms with Gasteiger partial charge in [0.2, 0.25) is 5.82 Å². The van der Waals surface area contributed by atoms with Crippen molar-refractivity contribution in [2.75, 3.05) is 0 Å². The average molecular weight is 397 g/mol. The summed E-state index contributed by atoms with van der Waals surface area (Å²) in [7, 11) is 0. The van der Waals surface area contributed by atoms with Gasteiger partial charge in [-0.3, -0.25) is 0 Å².